The minimum atomic E-state index is 0.242. The van der Waals surface area contributed by atoms with Gasteiger partial charge in [-0.1, -0.05) is 41.9 Å². The second-order valence-electron chi connectivity index (χ2n) is 4.85. The van der Waals surface area contributed by atoms with Crippen LogP contribution in [-0.2, 0) is 5.41 Å². The first-order valence-corrected chi connectivity index (χ1v) is 6.33. The van der Waals surface area contributed by atoms with Gasteiger partial charge in [0.2, 0.25) is 0 Å². The lowest BCUT2D eigenvalue weighted by Crippen LogP contribution is -2.26. The molecule has 0 amide bonds. The van der Waals surface area contributed by atoms with Gasteiger partial charge in [-0.25, -0.2) is 0 Å². The Kier molecular flexibility index (Phi) is 2.80. The van der Waals surface area contributed by atoms with E-state index < -0.39 is 0 Å². The molecule has 1 aliphatic rings. The maximum Gasteiger partial charge on any atom is 0.123 e. The highest BCUT2D eigenvalue weighted by molar-refractivity contribution is 9.09. The lowest BCUT2D eigenvalue weighted by molar-refractivity contribution is 0.234. The molecule has 1 aliphatic heterocycles. The number of hydrogen-bond donors (Lipinski definition) is 0. The summed E-state index contributed by atoms with van der Waals surface area (Å²) in [6, 6.07) is 6.51. The molecular formula is C13H17BrO. The smallest absolute Gasteiger partial charge is 0.123 e. The summed E-state index contributed by atoms with van der Waals surface area (Å²) in [5, 5.41) is 0. The van der Waals surface area contributed by atoms with Crippen LogP contribution in [0.3, 0.4) is 0 Å². The van der Waals surface area contributed by atoms with Crippen molar-refractivity contribution >= 4 is 15.9 Å². The van der Waals surface area contributed by atoms with E-state index in [4.69, 9.17) is 4.74 Å². The van der Waals surface area contributed by atoms with E-state index >= 15 is 0 Å². The molecule has 1 nitrogen and oxygen atoms in total. The summed E-state index contributed by atoms with van der Waals surface area (Å²) in [5.74, 6) is 1.06. The Hall–Kier alpha value is -0.500. The van der Waals surface area contributed by atoms with Crippen molar-refractivity contribution in [2.24, 2.45) is 0 Å². The minimum Gasteiger partial charge on any atom is -0.493 e. The molecule has 0 bridgehead atoms. The van der Waals surface area contributed by atoms with Gasteiger partial charge in [-0.15, -0.1) is 0 Å². The number of alkyl halides is 1. The molecule has 2 heteroatoms. The monoisotopic (exact) mass is 268 g/mol. The first-order chi connectivity index (χ1) is 7.00. The molecule has 0 spiro atoms. The number of ether oxygens (including phenoxy) is 1. The summed E-state index contributed by atoms with van der Waals surface area (Å²) in [7, 11) is 0. The van der Waals surface area contributed by atoms with Crippen molar-refractivity contribution in [3.8, 4) is 5.75 Å². The second-order valence-corrected chi connectivity index (χ2v) is 6.23. The van der Waals surface area contributed by atoms with E-state index in [0.717, 1.165) is 18.8 Å². The van der Waals surface area contributed by atoms with Crippen molar-refractivity contribution in [2.45, 2.75) is 37.4 Å². The fourth-order valence-corrected chi connectivity index (χ4v) is 2.29. The van der Waals surface area contributed by atoms with Gasteiger partial charge in [0.15, 0.2) is 0 Å². The molecule has 0 radical (unpaired) electrons. The first-order valence-electron chi connectivity index (χ1n) is 5.42. The molecule has 0 aliphatic carbocycles. The van der Waals surface area contributed by atoms with E-state index in [9.17, 15) is 0 Å². The summed E-state index contributed by atoms with van der Waals surface area (Å²) in [5.41, 5.74) is 2.91. The predicted molar refractivity (Wildman–Crippen MR) is 66.9 cm³/mol. The highest BCUT2D eigenvalue weighted by Crippen LogP contribution is 2.40. The Balaban J connectivity index is 2.49. The van der Waals surface area contributed by atoms with Gasteiger partial charge in [0.1, 0.15) is 5.75 Å². The maximum atomic E-state index is 5.68. The maximum absolute atomic E-state index is 5.68. The normalized spacial score (nSPS) is 20.3. The molecule has 0 saturated carbocycles. The zero-order valence-electron chi connectivity index (χ0n) is 9.51. The zero-order valence-corrected chi connectivity index (χ0v) is 11.1. The largest absolute Gasteiger partial charge is 0.493 e. The van der Waals surface area contributed by atoms with Gasteiger partial charge in [-0.05, 0) is 30.4 Å². The van der Waals surface area contributed by atoms with Crippen LogP contribution in [0.1, 0.15) is 43.1 Å². The van der Waals surface area contributed by atoms with Crippen molar-refractivity contribution < 1.29 is 4.74 Å². The topological polar surface area (TPSA) is 9.23 Å². The first kappa shape index (κ1) is 11.0. The van der Waals surface area contributed by atoms with E-state index in [2.05, 4.69) is 54.9 Å². The van der Waals surface area contributed by atoms with Crippen LogP contribution >= 0.6 is 15.9 Å². The third-order valence-electron chi connectivity index (χ3n) is 3.18. The highest BCUT2D eigenvalue weighted by atomic mass is 79.9. The Morgan fingerprint density at radius 3 is 2.80 bits per heavy atom. The second kappa shape index (κ2) is 3.82. The Bertz CT molecular complexity index is 369. The van der Waals surface area contributed by atoms with Crippen molar-refractivity contribution in [2.75, 3.05) is 6.61 Å². The van der Waals surface area contributed by atoms with Crippen molar-refractivity contribution in [3.63, 3.8) is 0 Å². The molecule has 1 aromatic rings. The molecule has 1 heterocycles. The van der Waals surface area contributed by atoms with Crippen molar-refractivity contribution in [1.82, 2.24) is 0 Å². The standard InChI is InChI=1S/C13H17BrO/c1-9(14)10-4-5-12-11(8-10)13(2,3)6-7-15-12/h4-5,8-9H,6-7H2,1-3H3. The summed E-state index contributed by atoms with van der Waals surface area (Å²) >= 11 is 3.61. The fraction of sp³-hybridized carbons (Fsp3) is 0.538. The van der Waals surface area contributed by atoms with Gasteiger partial charge >= 0.3 is 0 Å². The van der Waals surface area contributed by atoms with Crippen LogP contribution in [0.2, 0.25) is 0 Å². The summed E-state index contributed by atoms with van der Waals surface area (Å²) in [6.07, 6.45) is 1.10. The van der Waals surface area contributed by atoms with Crippen molar-refractivity contribution in [1.29, 1.82) is 0 Å². The molecular weight excluding hydrogens is 252 g/mol. The minimum absolute atomic E-state index is 0.242. The zero-order chi connectivity index (χ0) is 11.1. The Morgan fingerprint density at radius 1 is 1.40 bits per heavy atom. The van der Waals surface area contributed by atoms with Crippen LogP contribution in [0.25, 0.3) is 0 Å². The molecule has 2 rings (SSSR count). The van der Waals surface area contributed by atoms with Gasteiger partial charge in [-0.2, -0.15) is 0 Å². The molecule has 1 atom stereocenters. The van der Waals surface area contributed by atoms with Gasteiger partial charge in [0.25, 0.3) is 0 Å². The predicted octanol–water partition coefficient (Wildman–Crippen LogP) is 4.20. The van der Waals surface area contributed by atoms with Crippen LogP contribution < -0.4 is 4.74 Å². The molecule has 82 valence electrons. The van der Waals surface area contributed by atoms with E-state index in [1.54, 1.807) is 0 Å². The van der Waals surface area contributed by atoms with Gasteiger partial charge in [0, 0.05) is 10.4 Å². The van der Waals surface area contributed by atoms with Crippen LogP contribution in [0.4, 0.5) is 0 Å². The van der Waals surface area contributed by atoms with Gasteiger partial charge in [-0.3, -0.25) is 0 Å². The Labute approximate surface area is 100.0 Å². The van der Waals surface area contributed by atoms with Crippen molar-refractivity contribution in [3.05, 3.63) is 29.3 Å². The third kappa shape index (κ3) is 2.05. The van der Waals surface area contributed by atoms with E-state index in [1.165, 1.54) is 11.1 Å². The number of hydrogen-bond acceptors (Lipinski definition) is 1. The molecule has 15 heavy (non-hydrogen) atoms. The molecule has 0 aromatic heterocycles. The molecule has 0 saturated heterocycles. The number of fused-ring (bicyclic) bond motifs is 1. The van der Waals surface area contributed by atoms with Crippen LogP contribution in [0.15, 0.2) is 18.2 Å². The average Bonchev–Trinajstić information content (AvgIpc) is 2.17. The lowest BCUT2D eigenvalue weighted by Gasteiger charge is -2.33. The summed E-state index contributed by atoms with van der Waals surface area (Å²) < 4.78 is 5.68. The van der Waals surface area contributed by atoms with Crippen LogP contribution in [0.5, 0.6) is 5.75 Å². The number of benzene rings is 1. The van der Waals surface area contributed by atoms with E-state index in [-0.39, 0.29) is 5.41 Å². The Morgan fingerprint density at radius 2 is 2.13 bits per heavy atom. The van der Waals surface area contributed by atoms with Crippen LogP contribution in [-0.4, -0.2) is 6.61 Å². The number of halogens is 1. The summed E-state index contributed by atoms with van der Waals surface area (Å²) in [4.78, 5) is 0.403. The van der Waals surface area contributed by atoms with Crippen LogP contribution in [0, 0.1) is 0 Å². The lowest BCUT2D eigenvalue weighted by atomic mass is 9.79. The summed E-state index contributed by atoms with van der Waals surface area (Å²) in [6.45, 7) is 7.57. The highest BCUT2D eigenvalue weighted by Gasteiger charge is 2.28. The SMILES string of the molecule is CC(Br)c1ccc2c(c1)C(C)(C)CCO2. The van der Waals surface area contributed by atoms with Gasteiger partial charge in [0.05, 0.1) is 6.61 Å². The third-order valence-corrected chi connectivity index (χ3v) is 3.71. The van der Waals surface area contributed by atoms with E-state index in [0.29, 0.717) is 4.83 Å². The van der Waals surface area contributed by atoms with E-state index in [1.807, 2.05) is 0 Å². The quantitative estimate of drug-likeness (QED) is 0.694. The number of rotatable bonds is 1. The fourth-order valence-electron chi connectivity index (χ4n) is 2.00. The molecule has 0 fully saturated rings. The van der Waals surface area contributed by atoms with Gasteiger partial charge < -0.3 is 4.74 Å². The molecule has 0 N–H and O–H groups in total. The molecule has 1 aromatic carbocycles. The molecule has 1 unspecified atom stereocenters. The average molecular weight is 269 g/mol.